The van der Waals surface area contributed by atoms with E-state index in [0.29, 0.717) is 4.31 Å². The number of nitrogens with one attached hydrogen (secondary N) is 1. The average Bonchev–Trinajstić information content (AvgIpc) is 3.07. The van der Waals surface area contributed by atoms with Gasteiger partial charge in [0.15, 0.2) is 0 Å². The van der Waals surface area contributed by atoms with E-state index in [1.54, 1.807) is 6.07 Å². The van der Waals surface area contributed by atoms with Gasteiger partial charge in [-0.05, 0) is 49.2 Å². The third-order valence-electron chi connectivity index (χ3n) is 6.13. The number of amides is 3. The van der Waals surface area contributed by atoms with Crippen molar-refractivity contribution < 1.29 is 22.8 Å². The summed E-state index contributed by atoms with van der Waals surface area (Å²) in [5.74, 6) is -1.79. The van der Waals surface area contributed by atoms with Crippen molar-refractivity contribution in [3.63, 3.8) is 0 Å². The Labute approximate surface area is 230 Å². The fourth-order valence-electron chi connectivity index (χ4n) is 4.37. The van der Waals surface area contributed by atoms with Gasteiger partial charge in [-0.15, -0.1) is 0 Å². The molecule has 1 aliphatic rings. The van der Waals surface area contributed by atoms with Gasteiger partial charge in [-0.1, -0.05) is 70.5 Å². The van der Waals surface area contributed by atoms with Gasteiger partial charge in [0.1, 0.15) is 17.5 Å². The third kappa shape index (κ3) is 5.97. The minimum atomic E-state index is -4.20. The number of sulfonamides is 1. The van der Waals surface area contributed by atoms with Crippen LogP contribution >= 0.6 is 15.9 Å². The van der Waals surface area contributed by atoms with Crippen LogP contribution in [0.1, 0.15) is 35.3 Å². The molecule has 3 aromatic carbocycles. The number of nitrogens with zero attached hydrogens (tertiary/aromatic N) is 2. The molecule has 1 atom stereocenters. The van der Waals surface area contributed by atoms with E-state index in [0.717, 1.165) is 15.6 Å². The Balaban J connectivity index is 1.72. The normalized spacial score (nSPS) is 14.7. The van der Waals surface area contributed by atoms with E-state index >= 15 is 0 Å². The van der Waals surface area contributed by atoms with Gasteiger partial charge in [-0.3, -0.25) is 14.4 Å². The van der Waals surface area contributed by atoms with Crippen molar-refractivity contribution in [1.82, 2.24) is 14.5 Å². The van der Waals surface area contributed by atoms with Gasteiger partial charge in [0.25, 0.3) is 15.9 Å². The predicted octanol–water partition coefficient (Wildman–Crippen LogP) is 3.76. The molecule has 0 saturated heterocycles. The Bertz CT molecular complexity index is 1460. The van der Waals surface area contributed by atoms with Gasteiger partial charge in [0.05, 0.1) is 5.56 Å². The smallest absolute Gasteiger partial charge is 0.269 e. The van der Waals surface area contributed by atoms with Crippen LogP contribution in [0.25, 0.3) is 0 Å². The molecule has 0 saturated carbocycles. The lowest BCUT2D eigenvalue weighted by molar-refractivity contribution is -0.141. The highest BCUT2D eigenvalue weighted by atomic mass is 79.9. The number of fused-ring (bicyclic) bond motifs is 1. The Kier molecular flexibility index (Phi) is 8.32. The van der Waals surface area contributed by atoms with Crippen molar-refractivity contribution in [2.45, 2.75) is 43.8 Å². The minimum Gasteiger partial charge on any atom is -0.352 e. The molecule has 0 radical (unpaired) electrons. The molecular weight excluding hydrogens is 570 g/mol. The molecule has 1 N–H and O–H groups in total. The lowest BCUT2D eigenvalue weighted by Gasteiger charge is -2.33. The molecule has 1 aliphatic heterocycles. The molecule has 1 unspecified atom stereocenters. The lowest BCUT2D eigenvalue weighted by Crippen LogP contribution is -2.54. The second-order valence-corrected chi connectivity index (χ2v) is 12.1. The molecule has 3 amide bonds. The number of carbonyl (C=O) groups is 3. The molecule has 0 aliphatic carbocycles. The van der Waals surface area contributed by atoms with Gasteiger partial charge >= 0.3 is 0 Å². The van der Waals surface area contributed by atoms with Crippen molar-refractivity contribution in [1.29, 1.82) is 0 Å². The van der Waals surface area contributed by atoms with E-state index in [4.69, 9.17) is 0 Å². The van der Waals surface area contributed by atoms with Crippen LogP contribution in [0.5, 0.6) is 0 Å². The number of hydrogen-bond donors (Lipinski definition) is 1. The zero-order valence-corrected chi connectivity index (χ0v) is 23.4. The first-order valence-electron chi connectivity index (χ1n) is 12.1. The molecule has 38 heavy (non-hydrogen) atoms. The van der Waals surface area contributed by atoms with E-state index < -0.39 is 34.4 Å². The first-order valence-corrected chi connectivity index (χ1v) is 14.4. The van der Waals surface area contributed by atoms with Crippen LogP contribution in [0, 0.1) is 0 Å². The summed E-state index contributed by atoms with van der Waals surface area (Å²) in [7, 11) is -4.20. The van der Waals surface area contributed by atoms with E-state index in [1.165, 1.54) is 23.1 Å². The number of carbonyl (C=O) groups excluding carboxylic acids is 3. The van der Waals surface area contributed by atoms with Crippen LogP contribution in [-0.2, 0) is 32.6 Å². The number of benzene rings is 3. The highest BCUT2D eigenvalue weighted by molar-refractivity contribution is 9.10. The predicted molar refractivity (Wildman–Crippen MR) is 147 cm³/mol. The van der Waals surface area contributed by atoms with Crippen molar-refractivity contribution in [3.05, 3.63) is 100 Å². The monoisotopic (exact) mass is 597 g/mol. The summed E-state index contributed by atoms with van der Waals surface area (Å²) in [6.45, 7) is 2.97. The van der Waals surface area contributed by atoms with Crippen molar-refractivity contribution in [2.75, 3.05) is 6.54 Å². The molecule has 3 aromatic rings. The minimum absolute atomic E-state index is 0.0252. The molecule has 0 bridgehead atoms. The SMILES string of the molecule is CC(C)NC(=O)C(Cc1ccccc1)N(Cc1cccc(Br)c1)C(=O)CN1C(=O)c2ccccc2S1(=O)=O. The molecule has 0 spiro atoms. The van der Waals surface area contributed by atoms with Crippen LogP contribution < -0.4 is 5.32 Å². The van der Waals surface area contributed by atoms with Crippen molar-refractivity contribution >= 4 is 43.7 Å². The largest absolute Gasteiger partial charge is 0.352 e. The fourth-order valence-corrected chi connectivity index (χ4v) is 6.33. The summed E-state index contributed by atoms with van der Waals surface area (Å²) in [6.07, 6.45) is 0.208. The second-order valence-electron chi connectivity index (χ2n) is 9.33. The van der Waals surface area contributed by atoms with Crippen molar-refractivity contribution in [2.24, 2.45) is 0 Å². The van der Waals surface area contributed by atoms with Crippen LogP contribution in [0.2, 0.25) is 0 Å². The molecular formula is C28H28BrN3O5S. The maximum atomic E-state index is 13.9. The van der Waals surface area contributed by atoms with E-state index in [-0.39, 0.29) is 35.4 Å². The van der Waals surface area contributed by atoms with E-state index in [1.807, 2.05) is 68.4 Å². The highest BCUT2D eigenvalue weighted by Crippen LogP contribution is 2.30. The highest BCUT2D eigenvalue weighted by Gasteiger charge is 2.43. The van der Waals surface area contributed by atoms with Crippen LogP contribution in [0.4, 0.5) is 0 Å². The molecule has 0 fully saturated rings. The third-order valence-corrected chi connectivity index (χ3v) is 8.42. The zero-order chi connectivity index (χ0) is 27.4. The molecule has 0 aromatic heterocycles. The Morgan fingerprint density at radius 1 is 0.947 bits per heavy atom. The summed E-state index contributed by atoms with van der Waals surface area (Å²) in [6, 6.07) is 21.3. The first kappa shape index (κ1) is 27.5. The summed E-state index contributed by atoms with van der Waals surface area (Å²) in [4.78, 5) is 41.6. The Hall–Kier alpha value is -3.50. The standard InChI is InChI=1S/C28H28BrN3O5S/c1-19(2)30-27(34)24(16-20-9-4-3-5-10-20)31(17-21-11-8-12-22(29)15-21)26(33)18-32-28(35)23-13-6-7-14-25(23)38(32,36)37/h3-15,19,24H,16-18H2,1-2H3,(H,30,34). The number of rotatable bonds is 9. The number of halogens is 1. The van der Waals surface area contributed by atoms with Gasteiger partial charge in [0, 0.05) is 23.5 Å². The summed E-state index contributed by atoms with van der Waals surface area (Å²) < 4.78 is 27.7. The topological polar surface area (TPSA) is 104 Å². The van der Waals surface area contributed by atoms with Gasteiger partial charge < -0.3 is 10.2 Å². The van der Waals surface area contributed by atoms with Crippen molar-refractivity contribution in [3.8, 4) is 0 Å². The summed E-state index contributed by atoms with van der Waals surface area (Å²) in [5.41, 5.74) is 1.60. The fraction of sp³-hybridized carbons (Fsp3) is 0.250. The molecule has 8 nitrogen and oxygen atoms in total. The Morgan fingerprint density at radius 2 is 1.61 bits per heavy atom. The van der Waals surface area contributed by atoms with Gasteiger partial charge in [-0.25, -0.2) is 12.7 Å². The molecule has 10 heteroatoms. The summed E-state index contributed by atoms with van der Waals surface area (Å²) in [5, 5.41) is 2.89. The second kappa shape index (κ2) is 11.5. The van der Waals surface area contributed by atoms with Crippen LogP contribution in [-0.4, -0.2) is 54.0 Å². The quantitative estimate of drug-likeness (QED) is 0.404. The lowest BCUT2D eigenvalue weighted by atomic mass is 10.0. The van der Waals surface area contributed by atoms with Crippen LogP contribution in [0.15, 0.2) is 88.2 Å². The molecule has 1 heterocycles. The molecule has 4 rings (SSSR count). The zero-order valence-electron chi connectivity index (χ0n) is 21.0. The average molecular weight is 599 g/mol. The molecule has 198 valence electrons. The Morgan fingerprint density at radius 3 is 2.26 bits per heavy atom. The summed E-state index contributed by atoms with van der Waals surface area (Å²) >= 11 is 3.44. The maximum Gasteiger partial charge on any atom is 0.269 e. The van der Waals surface area contributed by atoms with E-state index in [9.17, 15) is 22.8 Å². The maximum absolute atomic E-state index is 13.9. The number of hydrogen-bond acceptors (Lipinski definition) is 5. The van der Waals surface area contributed by atoms with Gasteiger partial charge in [0.2, 0.25) is 11.8 Å². The first-order chi connectivity index (χ1) is 18.1. The van der Waals surface area contributed by atoms with Gasteiger partial charge in [-0.2, -0.15) is 0 Å². The van der Waals surface area contributed by atoms with E-state index in [2.05, 4.69) is 21.2 Å². The van der Waals surface area contributed by atoms with Crippen LogP contribution in [0.3, 0.4) is 0 Å².